The van der Waals surface area contributed by atoms with E-state index < -0.39 is 33.2 Å². The van der Waals surface area contributed by atoms with Crippen LogP contribution in [-0.4, -0.2) is 48.2 Å². The number of esters is 2. The van der Waals surface area contributed by atoms with E-state index in [4.69, 9.17) is 9.47 Å². The molecule has 1 rings (SSSR count). The van der Waals surface area contributed by atoms with Crippen molar-refractivity contribution >= 4 is 23.3 Å². The normalized spacial score (nSPS) is 9.92. The maximum Gasteiger partial charge on any atom is 0.318 e. The average Bonchev–Trinajstić information content (AvgIpc) is 2.54. The number of rotatable bonds is 10. The fourth-order valence-corrected chi connectivity index (χ4v) is 1.73. The number of carbonyl (C=O) groups excluding carboxylic acids is 2. The Morgan fingerprint density at radius 2 is 1.19 bits per heavy atom. The van der Waals surface area contributed by atoms with Crippen molar-refractivity contribution in [2.75, 3.05) is 26.4 Å². The average molecular weight is 372 g/mol. The van der Waals surface area contributed by atoms with Crippen LogP contribution in [0.3, 0.4) is 0 Å². The summed E-state index contributed by atoms with van der Waals surface area (Å²) in [5.41, 5.74) is -1.29. The van der Waals surface area contributed by atoms with Crippen molar-refractivity contribution in [3.63, 3.8) is 0 Å². The van der Waals surface area contributed by atoms with Gasteiger partial charge in [0.2, 0.25) is 11.5 Å². The van der Waals surface area contributed by atoms with E-state index in [1.165, 1.54) is 13.8 Å². The number of ether oxygens (including phenoxy) is 4. The monoisotopic (exact) mass is 372 g/mol. The van der Waals surface area contributed by atoms with Crippen LogP contribution >= 0.6 is 0 Å². The van der Waals surface area contributed by atoms with E-state index in [1.807, 2.05) is 0 Å². The molecule has 0 fully saturated rings. The van der Waals surface area contributed by atoms with Crippen molar-refractivity contribution in [2.45, 2.75) is 13.8 Å². The summed E-state index contributed by atoms with van der Waals surface area (Å²) in [6.07, 6.45) is 0. The maximum atomic E-state index is 11.1. The lowest BCUT2D eigenvalue weighted by Gasteiger charge is -2.11. The molecule has 0 atom stereocenters. The number of hydrogen-bond acceptors (Lipinski definition) is 10. The first-order valence-electron chi connectivity index (χ1n) is 7.21. The Morgan fingerprint density at radius 1 is 0.808 bits per heavy atom. The fourth-order valence-electron chi connectivity index (χ4n) is 1.73. The molecule has 0 N–H and O–H groups in total. The van der Waals surface area contributed by atoms with E-state index in [9.17, 15) is 29.8 Å². The molecule has 1 aromatic carbocycles. The van der Waals surface area contributed by atoms with Gasteiger partial charge in [-0.15, -0.1) is 0 Å². The standard InChI is InChI=1S/C14H16N2O10/c1-9(17)23-3-5-25-13-8-14(26-6-4-24-10(2)18)12(16(21)22)7-11(13)15(19)20/h7-8H,3-6H2,1-2H3. The van der Waals surface area contributed by atoms with Crippen LogP contribution in [0.25, 0.3) is 0 Å². The second-order valence-corrected chi connectivity index (χ2v) is 4.68. The van der Waals surface area contributed by atoms with Crippen molar-refractivity contribution in [1.82, 2.24) is 0 Å². The van der Waals surface area contributed by atoms with E-state index in [0.717, 1.165) is 6.07 Å². The fraction of sp³-hybridized carbons (Fsp3) is 0.429. The SMILES string of the molecule is CC(=O)OCCOc1cc(OCCOC(C)=O)c([N+](=O)[O-])cc1[N+](=O)[O-]. The molecule has 1 aromatic rings. The Morgan fingerprint density at radius 3 is 1.50 bits per heavy atom. The highest BCUT2D eigenvalue weighted by Gasteiger charge is 2.27. The van der Waals surface area contributed by atoms with Gasteiger partial charge in [-0.05, 0) is 0 Å². The molecule has 0 bridgehead atoms. The van der Waals surface area contributed by atoms with Crippen LogP contribution in [0.2, 0.25) is 0 Å². The molecule has 0 unspecified atom stereocenters. The Bertz CT molecular complexity index is 648. The minimum atomic E-state index is -0.850. The van der Waals surface area contributed by atoms with Crippen LogP contribution < -0.4 is 9.47 Å². The van der Waals surface area contributed by atoms with Crippen molar-refractivity contribution < 1.29 is 38.4 Å². The van der Waals surface area contributed by atoms with Crippen LogP contribution in [0.1, 0.15) is 13.8 Å². The third-order valence-electron chi connectivity index (χ3n) is 2.73. The maximum absolute atomic E-state index is 11.1. The molecular weight excluding hydrogens is 356 g/mol. The smallest absolute Gasteiger partial charge is 0.318 e. The van der Waals surface area contributed by atoms with Crippen molar-refractivity contribution in [3.8, 4) is 11.5 Å². The molecule has 0 spiro atoms. The van der Waals surface area contributed by atoms with E-state index >= 15 is 0 Å². The Labute approximate surface area is 146 Å². The van der Waals surface area contributed by atoms with E-state index in [2.05, 4.69) is 9.47 Å². The second kappa shape index (κ2) is 9.76. The van der Waals surface area contributed by atoms with Crippen LogP contribution in [0, 0.1) is 20.2 Å². The van der Waals surface area contributed by atoms with Gasteiger partial charge in [-0.3, -0.25) is 29.8 Å². The highest BCUT2D eigenvalue weighted by molar-refractivity contribution is 5.66. The van der Waals surface area contributed by atoms with Crippen molar-refractivity contribution in [3.05, 3.63) is 32.4 Å². The summed E-state index contributed by atoms with van der Waals surface area (Å²) >= 11 is 0. The summed E-state index contributed by atoms with van der Waals surface area (Å²) in [5, 5.41) is 22.2. The van der Waals surface area contributed by atoms with Gasteiger partial charge in [0.1, 0.15) is 32.5 Å². The zero-order valence-electron chi connectivity index (χ0n) is 14.0. The minimum absolute atomic E-state index is 0.161. The lowest BCUT2D eigenvalue weighted by Crippen LogP contribution is -2.12. The first kappa shape index (κ1) is 20.6. The highest BCUT2D eigenvalue weighted by Crippen LogP contribution is 2.39. The van der Waals surface area contributed by atoms with Gasteiger partial charge in [-0.1, -0.05) is 0 Å². The molecule has 12 nitrogen and oxygen atoms in total. The Hall–Kier alpha value is -3.44. The van der Waals surface area contributed by atoms with Gasteiger partial charge in [0, 0.05) is 19.9 Å². The summed E-state index contributed by atoms with van der Waals surface area (Å²) in [6, 6.07) is 1.68. The van der Waals surface area contributed by atoms with Crippen LogP contribution in [0.5, 0.6) is 11.5 Å². The number of carbonyl (C=O) groups is 2. The summed E-state index contributed by atoms with van der Waals surface area (Å²) < 4.78 is 19.6. The topological polar surface area (TPSA) is 157 Å². The Kier molecular flexibility index (Phi) is 7.73. The predicted octanol–water partition coefficient (Wildman–Crippen LogP) is 1.39. The quantitative estimate of drug-likeness (QED) is 0.254. The zero-order valence-corrected chi connectivity index (χ0v) is 14.0. The number of nitro benzene ring substituents is 2. The van der Waals surface area contributed by atoms with Gasteiger partial charge >= 0.3 is 23.3 Å². The minimum Gasteiger partial charge on any atom is -0.483 e. The molecule has 142 valence electrons. The summed E-state index contributed by atoms with van der Waals surface area (Å²) in [6.45, 7) is 1.64. The molecule has 0 aliphatic heterocycles. The van der Waals surface area contributed by atoms with Gasteiger partial charge < -0.3 is 18.9 Å². The number of benzene rings is 1. The second-order valence-electron chi connectivity index (χ2n) is 4.68. The molecule has 0 aliphatic rings. The molecule has 0 aliphatic carbocycles. The van der Waals surface area contributed by atoms with Gasteiger partial charge in [-0.2, -0.15) is 0 Å². The van der Waals surface area contributed by atoms with Gasteiger partial charge in [-0.25, -0.2) is 0 Å². The van der Waals surface area contributed by atoms with Crippen LogP contribution in [0.15, 0.2) is 12.1 Å². The first-order valence-corrected chi connectivity index (χ1v) is 7.21. The molecule has 0 saturated heterocycles. The molecular formula is C14H16N2O10. The van der Waals surface area contributed by atoms with E-state index in [1.54, 1.807) is 0 Å². The summed E-state index contributed by atoms with van der Waals surface area (Å²) in [4.78, 5) is 41.9. The molecule has 0 radical (unpaired) electrons. The largest absolute Gasteiger partial charge is 0.483 e. The molecule has 0 aromatic heterocycles. The van der Waals surface area contributed by atoms with Crippen molar-refractivity contribution in [1.29, 1.82) is 0 Å². The number of nitro groups is 2. The lowest BCUT2D eigenvalue weighted by atomic mass is 10.2. The number of hydrogen-bond donors (Lipinski definition) is 0. The first-order chi connectivity index (χ1) is 12.2. The molecule has 0 amide bonds. The van der Waals surface area contributed by atoms with Gasteiger partial charge in [0.15, 0.2) is 0 Å². The van der Waals surface area contributed by atoms with Gasteiger partial charge in [0.05, 0.1) is 9.85 Å². The lowest BCUT2D eigenvalue weighted by molar-refractivity contribution is -0.395. The van der Waals surface area contributed by atoms with Crippen LogP contribution in [0.4, 0.5) is 11.4 Å². The Balaban J connectivity index is 2.99. The third kappa shape index (κ3) is 6.59. The summed E-state index contributed by atoms with van der Waals surface area (Å²) in [7, 11) is 0. The van der Waals surface area contributed by atoms with Gasteiger partial charge in [0.25, 0.3) is 0 Å². The summed E-state index contributed by atoms with van der Waals surface area (Å²) in [5.74, 6) is -1.70. The molecule has 26 heavy (non-hydrogen) atoms. The molecule has 12 heteroatoms. The van der Waals surface area contributed by atoms with E-state index in [-0.39, 0.29) is 37.9 Å². The highest BCUT2D eigenvalue weighted by atomic mass is 16.6. The van der Waals surface area contributed by atoms with E-state index in [0.29, 0.717) is 6.07 Å². The predicted molar refractivity (Wildman–Crippen MR) is 84.0 cm³/mol. The van der Waals surface area contributed by atoms with Crippen LogP contribution in [-0.2, 0) is 19.1 Å². The zero-order chi connectivity index (χ0) is 19.7. The molecule has 0 heterocycles. The van der Waals surface area contributed by atoms with Crippen molar-refractivity contribution in [2.24, 2.45) is 0 Å². The molecule has 0 saturated carbocycles. The third-order valence-corrected chi connectivity index (χ3v) is 2.73. The number of nitrogens with zero attached hydrogens (tertiary/aromatic N) is 2.